The lowest BCUT2D eigenvalue weighted by Gasteiger charge is -2.12. The van der Waals surface area contributed by atoms with Gasteiger partial charge in [0.05, 0.1) is 4.83 Å². The molecule has 0 saturated carbocycles. The van der Waals surface area contributed by atoms with Crippen LogP contribution in [0.4, 0.5) is 8.78 Å². The van der Waals surface area contributed by atoms with Crippen molar-refractivity contribution in [1.82, 2.24) is 0 Å². The van der Waals surface area contributed by atoms with E-state index in [0.29, 0.717) is 0 Å². The third-order valence-corrected chi connectivity index (χ3v) is 3.08. The van der Waals surface area contributed by atoms with Gasteiger partial charge in [0, 0.05) is 5.92 Å². The number of benzene rings is 1. The van der Waals surface area contributed by atoms with Gasteiger partial charge < -0.3 is 0 Å². The minimum atomic E-state index is -0.880. The number of hydrogen-bond donors (Lipinski definition) is 0. The number of carbonyl (C=O) groups excluding carboxylic acids is 1. The number of alkyl halides is 1. The van der Waals surface area contributed by atoms with Gasteiger partial charge >= 0.3 is 0 Å². The number of Topliss-reactive ketones (excluding diaryl/α,β-unsaturated/α-hetero) is 1. The minimum Gasteiger partial charge on any atom is -0.298 e. The van der Waals surface area contributed by atoms with Crippen LogP contribution < -0.4 is 0 Å². The van der Waals surface area contributed by atoms with Crippen molar-refractivity contribution in [3.8, 4) is 0 Å². The second kappa shape index (κ2) is 5.53. The van der Waals surface area contributed by atoms with Gasteiger partial charge in [-0.3, -0.25) is 4.79 Å². The fourth-order valence-corrected chi connectivity index (χ4v) is 2.24. The van der Waals surface area contributed by atoms with Crippen molar-refractivity contribution < 1.29 is 13.6 Å². The summed E-state index contributed by atoms with van der Waals surface area (Å²) in [6, 6.07) is 3.99. The topological polar surface area (TPSA) is 17.1 Å². The van der Waals surface area contributed by atoms with E-state index in [1.807, 2.05) is 0 Å². The summed E-state index contributed by atoms with van der Waals surface area (Å²) in [6.45, 7) is 3.55. The van der Waals surface area contributed by atoms with Crippen molar-refractivity contribution >= 4 is 21.7 Å². The molecule has 0 fully saturated rings. The lowest BCUT2D eigenvalue weighted by Crippen LogP contribution is -2.22. The number of rotatable bonds is 4. The summed E-state index contributed by atoms with van der Waals surface area (Å²) in [6.07, 6.45) is 0.167. The van der Waals surface area contributed by atoms with Gasteiger partial charge in [-0.25, -0.2) is 8.78 Å². The van der Waals surface area contributed by atoms with Crippen molar-refractivity contribution in [3.05, 3.63) is 35.4 Å². The Kier molecular flexibility index (Phi) is 4.59. The molecule has 16 heavy (non-hydrogen) atoms. The van der Waals surface area contributed by atoms with Crippen LogP contribution in [0.5, 0.6) is 0 Å². The van der Waals surface area contributed by atoms with E-state index in [4.69, 9.17) is 0 Å². The van der Waals surface area contributed by atoms with E-state index in [2.05, 4.69) is 15.9 Å². The maximum Gasteiger partial charge on any atom is 0.162 e. The molecule has 0 aliphatic carbocycles. The second-order valence-corrected chi connectivity index (χ2v) is 5.05. The third-order valence-electron chi connectivity index (χ3n) is 2.31. The SMILES string of the molecule is CC(C)C(=O)C(Br)Cc1cccc(F)c1F. The summed E-state index contributed by atoms with van der Waals surface area (Å²) in [5, 5.41) is 0. The molecule has 0 amide bonds. The van der Waals surface area contributed by atoms with Crippen molar-refractivity contribution in [3.63, 3.8) is 0 Å². The summed E-state index contributed by atoms with van der Waals surface area (Å²) < 4.78 is 26.2. The molecule has 0 aliphatic rings. The molecule has 1 unspecified atom stereocenters. The van der Waals surface area contributed by atoms with E-state index < -0.39 is 16.5 Å². The molecule has 1 atom stereocenters. The third kappa shape index (κ3) is 3.11. The number of halogens is 3. The van der Waals surface area contributed by atoms with E-state index in [9.17, 15) is 13.6 Å². The molecule has 4 heteroatoms. The first kappa shape index (κ1) is 13.3. The lowest BCUT2D eigenvalue weighted by atomic mass is 10.0. The predicted molar refractivity (Wildman–Crippen MR) is 62.6 cm³/mol. The summed E-state index contributed by atoms with van der Waals surface area (Å²) >= 11 is 3.20. The Morgan fingerprint density at radius 1 is 1.38 bits per heavy atom. The lowest BCUT2D eigenvalue weighted by molar-refractivity contribution is -0.121. The van der Waals surface area contributed by atoms with Gasteiger partial charge in [0.25, 0.3) is 0 Å². The summed E-state index contributed by atoms with van der Waals surface area (Å²) in [5.41, 5.74) is 0.218. The van der Waals surface area contributed by atoms with Crippen molar-refractivity contribution in [2.45, 2.75) is 25.1 Å². The van der Waals surface area contributed by atoms with Crippen LogP contribution in [0.3, 0.4) is 0 Å². The Bertz CT molecular complexity index is 391. The van der Waals surface area contributed by atoms with Gasteiger partial charge in [0.1, 0.15) is 5.78 Å². The molecule has 0 heterocycles. The Morgan fingerprint density at radius 3 is 2.56 bits per heavy atom. The average Bonchev–Trinajstić information content (AvgIpc) is 2.23. The first-order chi connectivity index (χ1) is 7.43. The van der Waals surface area contributed by atoms with E-state index >= 15 is 0 Å². The van der Waals surface area contributed by atoms with Crippen LogP contribution in [0.2, 0.25) is 0 Å². The molecule has 0 aromatic heterocycles. The van der Waals surface area contributed by atoms with Crippen LogP contribution in [0, 0.1) is 17.6 Å². The summed E-state index contributed by atoms with van der Waals surface area (Å²) in [7, 11) is 0. The van der Waals surface area contributed by atoms with Crippen molar-refractivity contribution in [1.29, 1.82) is 0 Å². The van der Waals surface area contributed by atoms with Crippen LogP contribution >= 0.6 is 15.9 Å². The number of ketones is 1. The maximum atomic E-state index is 13.3. The Labute approximate surface area is 102 Å². The average molecular weight is 291 g/mol. The first-order valence-corrected chi connectivity index (χ1v) is 5.95. The number of hydrogen-bond acceptors (Lipinski definition) is 1. The highest BCUT2D eigenvalue weighted by Gasteiger charge is 2.20. The molecule has 1 aromatic carbocycles. The predicted octanol–water partition coefficient (Wildman–Crippen LogP) is 3.50. The monoisotopic (exact) mass is 290 g/mol. The number of carbonyl (C=O) groups is 1. The molecule has 0 bridgehead atoms. The van der Waals surface area contributed by atoms with Gasteiger partial charge in [-0.2, -0.15) is 0 Å². The van der Waals surface area contributed by atoms with Gasteiger partial charge in [-0.05, 0) is 18.1 Å². The van der Waals surface area contributed by atoms with Crippen molar-refractivity contribution in [2.24, 2.45) is 5.92 Å². The molecular formula is C12H13BrF2O. The smallest absolute Gasteiger partial charge is 0.162 e. The van der Waals surface area contributed by atoms with Gasteiger partial charge in [-0.1, -0.05) is 41.9 Å². The Morgan fingerprint density at radius 2 is 2.00 bits per heavy atom. The van der Waals surface area contributed by atoms with Crippen LogP contribution in [0.15, 0.2) is 18.2 Å². The Hall–Kier alpha value is -0.770. The molecule has 88 valence electrons. The van der Waals surface area contributed by atoms with E-state index in [1.165, 1.54) is 12.1 Å². The molecule has 0 aliphatic heterocycles. The molecule has 1 rings (SSSR count). The van der Waals surface area contributed by atoms with Crippen LogP contribution in [0.25, 0.3) is 0 Å². The zero-order chi connectivity index (χ0) is 12.3. The van der Waals surface area contributed by atoms with E-state index in [1.54, 1.807) is 13.8 Å². The quantitative estimate of drug-likeness (QED) is 0.776. The zero-order valence-corrected chi connectivity index (χ0v) is 10.7. The highest BCUT2D eigenvalue weighted by Crippen LogP contribution is 2.18. The Balaban J connectivity index is 2.81. The molecule has 0 N–H and O–H groups in total. The molecule has 0 spiro atoms. The van der Waals surface area contributed by atoms with E-state index in [-0.39, 0.29) is 23.7 Å². The highest BCUT2D eigenvalue weighted by molar-refractivity contribution is 9.10. The first-order valence-electron chi connectivity index (χ1n) is 5.04. The van der Waals surface area contributed by atoms with Crippen LogP contribution in [-0.2, 0) is 11.2 Å². The largest absolute Gasteiger partial charge is 0.298 e. The zero-order valence-electron chi connectivity index (χ0n) is 9.14. The normalized spacial score (nSPS) is 12.9. The summed E-state index contributed by atoms with van der Waals surface area (Å²) in [4.78, 5) is 11.1. The van der Waals surface area contributed by atoms with Gasteiger partial charge in [0.2, 0.25) is 0 Å². The molecule has 1 aromatic rings. The van der Waals surface area contributed by atoms with E-state index in [0.717, 1.165) is 6.07 Å². The molecule has 0 radical (unpaired) electrons. The van der Waals surface area contributed by atoms with Crippen LogP contribution in [-0.4, -0.2) is 10.6 Å². The second-order valence-electron chi connectivity index (χ2n) is 3.94. The summed E-state index contributed by atoms with van der Waals surface area (Å²) in [5.74, 6) is -1.89. The fourth-order valence-electron chi connectivity index (χ4n) is 1.36. The van der Waals surface area contributed by atoms with Gasteiger partial charge in [-0.15, -0.1) is 0 Å². The van der Waals surface area contributed by atoms with Crippen LogP contribution in [0.1, 0.15) is 19.4 Å². The standard InChI is InChI=1S/C12H13BrF2O/c1-7(2)12(16)9(13)6-8-4-3-5-10(14)11(8)15/h3-5,7,9H,6H2,1-2H3. The fraction of sp³-hybridized carbons (Fsp3) is 0.417. The molecular weight excluding hydrogens is 278 g/mol. The minimum absolute atomic E-state index is 0.0105. The highest BCUT2D eigenvalue weighted by atomic mass is 79.9. The van der Waals surface area contributed by atoms with Crippen molar-refractivity contribution in [2.75, 3.05) is 0 Å². The molecule has 0 saturated heterocycles. The van der Waals surface area contributed by atoms with Gasteiger partial charge in [0.15, 0.2) is 11.6 Å². The maximum absolute atomic E-state index is 13.3. The molecule has 1 nitrogen and oxygen atoms in total.